The third-order valence-electron chi connectivity index (χ3n) is 4.48. The highest BCUT2D eigenvalue weighted by Crippen LogP contribution is 2.34. The van der Waals surface area contributed by atoms with Crippen LogP contribution >= 0.6 is 0 Å². The molecule has 2 aromatic rings. The summed E-state index contributed by atoms with van der Waals surface area (Å²) >= 11 is 0. The first kappa shape index (κ1) is 11.7. The summed E-state index contributed by atoms with van der Waals surface area (Å²) in [6.45, 7) is 0.857. The van der Waals surface area contributed by atoms with E-state index < -0.39 is 0 Å². The third kappa shape index (κ3) is 2.15. The van der Waals surface area contributed by atoms with Gasteiger partial charge in [0.15, 0.2) is 0 Å². The Hall–Kier alpha value is -1.34. The molecule has 1 saturated carbocycles. The van der Waals surface area contributed by atoms with E-state index in [1.54, 1.807) is 0 Å². The van der Waals surface area contributed by atoms with Gasteiger partial charge < -0.3 is 5.73 Å². The molecular weight excluding hydrogens is 218 g/mol. The van der Waals surface area contributed by atoms with Gasteiger partial charge in [-0.1, -0.05) is 48.9 Å². The van der Waals surface area contributed by atoms with Gasteiger partial charge in [0.2, 0.25) is 0 Å². The van der Waals surface area contributed by atoms with E-state index in [1.165, 1.54) is 42.0 Å². The molecule has 0 bridgehead atoms. The normalized spacial score (nSPS) is 23.6. The van der Waals surface area contributed by atoms with Crippen LogP contribution in [-0.2, 0) is 6.42 Å². The van der Waals surface area contributed by atoms with Crippen molar-refractivity contribution in [3.8, 4) is 0 Å². The number of fused-ring (bicyclic) bond motifs is 1. The van der Waals surface area contributed by atoms with Crippen LogP contribution in [0.3, 0.4) is 0 Å². The van der Waals surface area contributed by atoms with Crippen molar-refractivity contribution in [2.75, 3.05) is 6.54 Å². The first-order valence-corrected chi connectivity index (χ1v) is 7.05. The van der Waals surface area contributed by atoms with Crippen molar-refractivity contribution >= 4 is 10.8 Å². The molecule has 0 saturated heterocycles. The molecule has 0 amide bonds. The fourth-order valence-electron chi connectivity index (χ4n) is 3.45. The number of hydrogen-bond acceptors (Lipinski definition) is 1. The summed E-state index contributed by atoms with van der Waals surface area (Å²) in [7, 11) is 0. The molecule has 0 heterocycles. The summed E-state index contributed by atoms with van der Waals surface area (Å²) in [5.41, 5.74) is 7.39. The lowest BCUT2D eigenvalue weighted by Gasteiger charge is -2.18. The van der Waals surface area contributed by atoms with E-state index in [1.807, 2.05) is 0 Å². The molecule has 2 unspecified atom stereocenters. The molecule has 0 spiro atoms. The van der Waals surface area contributed by atoms with Crippen molar-refractivity contribution in [1.29, 1.82) is 0 Å². The SMILES string of the molecule is NCC1CCCC1Cc1cccc2ccccc12. The minimum Gasteiger partial charge on any atom is -0.330 e. The maximum absolute atomic E-state index is 5.89. The number of nitrogens with two attached hydrogens (primary N) is 1. The standard InChI is InChI=1S/C17H21N/c18-12-16-9-4-7-14(16)11-15-8-3-6-13-5-1-2-10-17(13)15/h1-3,5-6,8,10,14,16H,4,7,9,11-12,18H2. The van der Waals surface area contributed by atoms with Crippen molar-refractivity contribution < 1.29 is 0 Å². The van der Waals surface area contributed by atoms with Crippen molar-refractivity contribution in [3.05, 3.63) is 48.0 Å². The zero-order valence-corrected chi connectivity index (χ0v) is 10.8. The Kier molecular flexibility index (Phi) is 3.33. The molecule has 2 atom stereocenters. The molecule has 1 heteroatoms. The maximum Gasteiger partial charge on any atom is -0.00461 e. The van der Waals surface area contributed by atoms with Crippen LogP contribution < -0.4 is 5.73 Å². The van der Waals surface area contributed by atoms with Crippen LogP contribution in [0.4, 0.5) is 0 Å². The molecule has 0 aliphatic heterocycles. The summed E-state index contributed by atoms with van der Waals surface area (Å²) in [5, 5.41) is 2.78. The van der Waals surface area contributed by atoms with E-state index in [4.69, 9.17) is 5.73 Å². The van der Waals surface area contributed by atoms with Crippen LogP contribution in [0.1, 0.15) is 24.8 Å². The average Bonchev–Trinajstić information content (AvgIpc) is 2.86. The molecule has 18 heavy (non-hydrogen) atoms. The van der Waals surface area contributed by atoms with E-state index in [-0.39, 0.29) is 0 Å². The fourth-order valence-corrected chi connectivity index (χ4v) is 3.45. The summed E-state index contributed by atoms with van der Waals surface area (Å²) in [6.07, 6.45) is 5.23. The molecule has 94 valence electrons. The highest BCUT2D eigenvalue weighted by atomic mass is 14.6. The van der Waals surface area contributed by atoms with Gasteiger partial charge in [0.1, 0.15) is 0 Å². The maximum atomic E-state index is 5.89. The van der Waals surface area contributed by atoms with Crippen LogP contribution in [0.2, 0.25) is 0 Å². The van der Waals surface area contributed by atoms with Crippen molar-refractivity contribution in [3.63, 3.8) is 0 Å². The first-order chi connectivity index (χ1) is 8.88. The fraction of sp³-hybridized carbons (Fsp3) is 0.412. The predicted molar refractivity (Wildman–Crippen MR) is 77.5 cm³/mol. The molecule has 2 aromatic carbocycles. The topological polar surface area (TPSA) is 26.0 Å². The number of benzene rings is 2. The smallest absolute Gasteiger partial charge is 0.00461 e. The van der Waals surface area contributed by atoms with E-state index in [0.717, 1.165) is 18.4 Å². The Labute approximate surface area is 109 Å². The molecule has 1 nitrogen and oxygen atoms in total. The minimum atomic E-state index is 0.740. The van der Waals surface area contributed by atoms with Crippen LogP contribution in [0.5, 0.6) is 0 Å². The van der Waals surface area contributed by atoms with Gasteiger partial charge in [-0.25, -0.2) is 0 Å². The van der Waals surface area contributed by atoms with Crippen LogP contribution in [0, 0.1) is 11.8 Å². The Morgan fingerprint density at radius 3 is 2.61 bits per heavy atom. The van der Waals surface area contributed by atoms with E-state index in [2.05, 4.69) is 42.5 Å². The van der Waals surface area contributed by atoms with Crippen LogP contribution in [0.25, 0.3) is 10.8 Å². The Morgan fingerprint density at radius 2 is 1.72 bits per heavy atom. The van der Waals surface area contributed by atoms with Gasteiger partial charge in [-0.05, 0) is 54.0 Å². The lowest BCUT2D eigenvalue weighted by atomic mass is 9.88. The molecule has 2 N–H and O–H groups in total. The van der Waals surface area contributed by atoms with Gasteiger partial charge in [0.25, 0.3) is 0 Å². The lowest BCUT2D eigenvalue weighted by molar-refractivity contribution is 0.395. The van der Waals surface area contributed by atoms with E-state index in [0.29, 0.717) is 0 Å². The Balaban J connectivity index is 1.90. The largest absolute Gasteiger partial charge is 0.330 e. The summed E-state index contributed by atoms with van der Waals surface area (Å²) in [6, 6.07) is 15.4. The van der Waals surface area contributed by atoms with Crippen molar-refractivity contribution in [2.45, 2.75) is 25.7 Å². The molecule has 1 aliphatic carbocycles. The van der Waals surface area contributed by atoms with Gasteiger partial charge in [-0.2, -0.15) is 0 Å². The van der Waals surface area contributed by atoms with Crippen LogP contribution in [0.15, 0.2) is 42.5 Å². The molecule has 3 rings (SSSR count). The van der Waals surface area contributed by atoms with Crippen molar-refractivity contribution in [1.82, 2.24) is 0 Å². The first-order valence-electron chi connectivity index (χ1n) is 7.05. The lowest BCUT2D eigenvalue weighted by Crippen LogP contribution is -2.20. The van der Waals surface area contributed by atoms with Gasteiger partial charge >= 0.3 is 0 Å². The molecule has 0 aromatic heterocycles. The average molecular weight is 239 g/mol. The van der Waals surface area contributed by atoms with E-state index >= 15 is 0 Å². The predicted octanol–water partition coefficient (Wildman–Crippen LogP) is 3.76. The summed E-state index contributed by atoms with van der Waals surface area (Å²) < 4.78 is 0. The zero-order chi connectivity index (χ0) is 12.4. The molecule has 0 radical (unpaired) electrons. The zero-order valence-electron chi connectivity index (χ0n) is 10.8. The van der Waals surface area contributed by atoms with Gasteiger partial charge in [-0.15, -0.1) is 0 Å². The van der Waals surface area contributed by atoms with E-state index in [9.17, 15) is 0 Å². The summed E-state index contributed by atoms with van der Waals surface area (Å²) in [4.78, 5) is 0. The van der Waals surface area contributed by atoms with Crippen LogP contribution in [-0.4, -0.2) is 6.54 Å². The highest BCUT2D eigenvalue weighted by molar-refractivity contribution is 5.85. The second-order valence-electron chi connectivity index (χ2n) is 5.53. The molecule has 1 aliphatic rings. The van der Waals surface area contributed by atoms with Gasteiger partial charge in [0, 0.05) is 0 Å². The van der Waals surface area contributed by atoms with Crippen molar-refractivity contribution in [2.24, 2.45) is 17.6 Å². The second-order valence-corrected chi connectivity index (χ2v) is 5.53. The highest BCUT2D eigenvalue weighted by Gasteiger charge is 2.26. The molecule has 1 fully saturated rings. The monoisotopic (exact) mass is 239 g/mol. The number of hydrogen-bond donors (Lipinski definition) is 1. The van der Waals surface area contributed by atoms with Gasteiger partial charge in [-0.3, -0.25) is 0 Å². The minimum absolute atomic E-state index is 0.740. The Morgan fingerprint density at radius 1 is 0.944 bits per heavy atom. The number of rotatable bonds is 3. The Bertz CT molecular complexity index is 527. The third-order valence-corrected chi connectivity index (χ3v) is 4.48. The molecular formula is C17H21N. The second kappa shape index (κ2) is 5.11. The summed E-state index contributed by atoms with van der Waals surface area (Å²) in [5.74, 6) is 1.53. The van der Waals surface area contributed by atoms with Gasteiger partial charge in [0.05, 0.1) is 0 Å². The quantitative estimate of drug-likeness (QED) is 0.867.